The molecular formula is C14H21NO4S2. The summed E-state index contributed by atoms with van der Waals surface area (Å²) in [5.74, 6) is 0.0289. The van der Waals surface area contributed by atoms with Crippen LogP contribution < -0.4 is 4.72 Å². The van der Waals surface area contributed by atoms with Gasteiger partial charge in [-0.15, -0.1) is 0 Å². The first-order valence-corrected chi connectivity index (χ1v) is 10.3. The molecule has 0 aromatic heterocycles. The van der Waals surface area contributed by atoms with Gasteiger partial charge < -0.3 is 0 Å². The number of nitrogens with one attached hydrogen (secondary N) is 1. The summed E-state index contributed by atoms with van der Waals surface area (Å²) < 4.78 is 50.0. The lowest BCUT2D eigenvalue weighted by Crippen LogP contribution is -2.24. The highest BCUT2D eigenvalue weighted by Gasteiger charge is 2.29. The molecule has 0 spiro atoms. The molecular weight excluding hydrogens is 310 g/mol. The molecule has 2 rings (SSSR count). The van der Waals surface area contributed by atoms with Crippen molar-refractivity contribution in [2.75, 3.05) is 5.75 Å². The third kappa shape index (κ3) is 4.05. The predicted octanol–water partition coefficient (Wildman–Crippen LogP) is 1.84. The van der Waals surface area contributed by atoms with Crippen LogP contribution in [0.15, 0.2) is 29.2 Å². The van der Waals surface area contributed by atoms with E-state index >= 15 is 0 Å². The summed E-state index contributed by atoms with van der Waals surface area (Å²) in [7, 11) is -6.48. The second kappa shape index (κ2) is 6.46. The average Bonchev–Trinajstić information content (AvgIpc) is 3.01. The number of benzene rings is 1. The fourth-order valence-electron chi connectivity index (χ4n) is 2.48. The molecule has 1 aliphatic carbocycles. The van der Waals surface area contributed by atoms with E-state index in [1.807, 2.05) is 0 Å². The number of hydrogen-bond acceptors (Lipinski definition) is 4. The molecule has 0 radical (unpaired) electrons. The lowest BCUT2D eigenvalue weighted by atomic mass is 10.2. The maximum atomic E-state index is 12.4. The van der Waals surface area contributed by atoms with Gasteiger partial charge in [0.15, 0.2) is 9.84 Å². The minimum Gasteiger partial charge on any atom is -0.223 e. The van der Waals surface area contributed by atoms with Crippen molar-refractivity contribution in [1.82, 2.24) is 4.72 Å². The number of sulfone groups is 1. The lowest BCUT2D eigenvalue weighted by Gasteiger charge is -2.11. The van der Waals surface area contributed by atoms with Crippen LogP contribution in [0, 0.1) is 0 Å². The minimum absolute atomic E-state index is 0.0289. The quantitative estimate of drug-likeness (QED) is 0.862. The van der Waals surface area contributed by atoms with Gasteiger partial charge in [0.1, 0.15) is 0 Å². The molecule has 1 aromatic carbocycles. The first-order valence-electron chi connectivity index (χ1n) is 7.15. The first-order chi connectivity index (χ1) is 9.85. The van der Waals surface area contributed by atoms with Gasteiger partial charge in [-0.25, -0.2) is 21.6 Å². The van der Waals surface area contributed by atoms with Crippen LogP contribution in [0.3, 0.4) is 0 Å². The summed E-state index contributed by atoms with van der Waals surface area (Å²) in [5, 5.41) is -0.262. The Bertz CT molecular complexity index is 672. The molecule has 7 heteroatoms. The van der Waals surface area contributed by atoms with Gasteiger partial charge in [0, 0.05) is 6.54 Å². The fourth-order valence-corrected chi connectivity index (χ4v) is 4.93. The molecule has 1 saturated carbocycles. The van der Waals surface area contributed by atoms with Crippen molar-refractivity contribution in [3.63, 3.8) is 0 Å². The molecule has 0 unspecified atom stereocenters. The van der Waals surface area contributed by atoms with Crippen molar-refractivity contribution in [3.05, 3.63) is 29.8 Å². The van der Waals surface area contributed by atoms with Crippen LogP contribution in [0.2, 0.25) is 0 Å². The molecule has 0 bridgehead atoms. The van der Waals surface area contributed by atoms with Gasteiger partial charge in [-0.05, 0) is 37.5 Å². The second-order valence-corrected chi connectivity index (χ2v) is 9.64. The molecule has 5 nitrogen and oxygen atoms in total. The van der Waals surface area contributed by atoms with E-state index < -0.39 is 19.9 Å². The molecule has 0 saturated heterocycles. The SMILES string of the molecule is CCS(=O)(=O)NCc1ccc(S(=O)(=O)C2CCCC2)cc1. The molecule has 1 aliphatic rings. The molecule has 1 fully saturated rings. The Kier molecular flexibility index (Phi) is 5.06. The van der Waals surface area contributed by atoms with E-state index in [4.69, 9.17) is 0 Å². The predicted molar refractivity (Wildman–Crippen MR) is 82.2 cm³/mol. The number of hydrogen-bond donors (Lipinski definition) is 1. The van der Waals surface area contributed by atoms with Crippen LogP contribution >= 0.6 is 0 Å². The standard InChI is InChI=1S/C14H21NO4S2/c1-2-20(16,17)15-11-12-7-9-14(10-8-12)21(18,19)13-5-3-4-6-13/h7-10,13,15H,2-6,11H2,1H3. The normalized spacial score (nSPS) is 17.2. The van der Waals surface area contributed by atoms with Crippen LogP contribution in [0.1, 0.15) is 38.2 Å². The van der Waals surface area contributed by atoms with Gasteiger partial charge in [0.2, 0.25) is 10.0 Å². The monoisotopic (exact) mass is 331 g/mol. The maximum Gasteiger partial charge on any atom is 0.211 e. The van der Waals surface area contributed by atoms with E-state index in [1.54, 1.807) is 31.2 Å². The maximum absolute atomic E-state index is 12.4. The van der Waals surface area contributed by atoms with E-state index in [1.165, 1.54) is 0 Å². The highest BCUT2D eigenvalue weighted by atomic mass is 32.2. The summed E-state index contributed by atoms with van der Waals surface area (Å²) in [5.41, 5.74) is 0.748. The molecule has 0 amide bonds. The second-order valence-electron chi connectivity index (χ2n) is 5.32. The summed E-state index contributed by atoms with van der Waals surface area (Å²) in [6, 6.07) is 6.48. The fraction of sp³-hybridized carbons (Fsp3) is 0.571. The van der Waals surface area contributed by atoms with Gasteiger partial charge in [-0.2, -0.15) is 0 Å². The molecule has 1 N–H and O–H groups in total. The van der Waals surface area contributed by atoms with E-state index in [9.17, 15) is 16.8 Å². The van der Waals surface area contributed by atoms with Crippen LogP contribution in [-0.2, 0) is 26.4 Å². The molecule has 0 heterocycles. The van der Waals surface area contributed by atoms with Gasteiger partial charge in [-0.1, -0.05) is 25.0 Å². The molecule has 118 valence electrons. The lowest BCUT2D eigenvalue weighted by molar-refractivity contribution is 0.578. The van der Waals surface area contributed by atoms with E-state index in [2.05, 4.69) is 4.72 Å². The Labute approximate surface area is 126 Å². The summed E-state index contributed by atoms with van der Waals surface area (Å²) in [6.45, 7) is 1.75. The first kappa shape index (κ1) is 16.5. The summed E-state index contributed by atoms with van der Waals surface area (Å²) in [6.07, 6.45) is 3.42. The van der Waals surface area contributed by atoms with Crippen molar-refractivity contribution in [2.24, 2.45) is 0 Å². The zero-order chi connectivity index (χ0) is 15.5. The molecule has 21 heavy (non-hydrogen) atoms. The van der Waals surface area contributed by atoms with Gasteiger partial charge in [-0.3, -0.25) is 0 Å². The third-order valence-corrected chi connectivity index (χ3v) is 7.49. The Morgan fingerprint density at radius 1 is 1.05 bits per heavy atom. The average molecular weight is 331 g/mol. The van der Waals surface area contributed by atoms with E-state index in [0.717, 1.165) is 31.2 Å². The van der Waals surface area contributed by atoms with Gasteiger partial charge in [0.05, 0.1) is 15.9 Å². The Morgan fingerprint density at radius 2 is 1.62 bits per heavy atom. The summed E-state index contributed by atoms with van der Waals surface area (Å²) in [4.78, 5) is 0.330. The molecule has 0 aliphatic heterocycles. The van der Waals surface area contributed by atoms with Crippen LogP contribution in [0.5, 0.6) is 0 Å². The number of sulfonamides is 1. The third-order valence-electron chi connectivity index (χ3n) is 3.87. The number of rotatable bonds is 6. The Morgan fingerprint density at radius 3 is 2.14 bits per heavy atom. The summed E-state index contributed by atoms with van der Waals surface area (Å²) >= 11 is 0. The van der Waals surface area contributed by atoms with Crippen molar-refractivity contribution < 1.29 is 16.8 Å². The van der Waals surface area contributed by atoms with Crippen molar-refractivity contribution in [3.8, 4) is 0 Å². The minimum atomic E-state index is -3.24. The van der Waals surface area contributed by atoms with Crippen LogP contribution in [0.4, 0.5) is 0 Å². The largest absolute Gasteiger partial charge is 0.223 e. The molecule has 1 aromatic rings. The van der Waals surface area contributed by atoms with Crippen molar-refractivity contribution in [2.45, 2.75) is 49.3 Å². The van der Waals surface area contributed by atoms with E-state index in [0.29, 0.717) is 4.90 Å². The van der Waals surface area contributed by atoms with Crippen molar-refractivity contribution >= 4 is 19.9 Å². The highest BCUT2D eigenvalue weighted by molar-refractivity contribution is 7.92. The van der Waals surface area contributed by atoms with Crippen molar-refractivity contribution in [1.29, 1.82) is 0 Å². The zero-order valence-corrected chi connectivity index (χ0v) is 13.7. The van der Waals surface area contributed by atoms with E-state index in [-0.39, 0.29) is 17.5 Å². The highest BCUT2D eigenvalue weighted by Crippen LogP contribution is 2.29. The van der Waals surface area contributed by atoms with Crippen LogP contribution in [-0.4, -0.2) is 27.8 Å². The Hall–Kier alpha value is -0.920. The molecule has 0 atom stereocenters. The Balaban J connectivity index is 2.08. The zero-order valence-electron chi connectivity index (χ0n) is 12.1. The van der Waals surface area contributed by atoms with Crippen LogP contribution in [0.25, 0.3) is 0 Å². The topological polar surface area (TPSA) is 80.3 Å². The van der Waals surface area contributed by atoms with Gasteiger partial charge >= 0.3 is 0 Å². The smallest absolute Gasteiger partial charge is 0.211 e. The van der Waals surface area contributed by atoms with Gasteiger partial charge in [0.25, 0.3) is 0 Å².